The Kier molecular flexibility index (Phi) is 5.92. The number of aliphatic hydroxyl groups is 1. The highest BCUT2D eigenvalue weighted by atomic mass is 16.9. The molecule has 0 amide bonds. The maximum atomic E-state index is 13.9. The van der Waals surface area contributed by atoms with E-state index in [2.05, 4.69) is 0 Å². The van der Waals surface area contributed by atoms with Crippen LogP contribution in [0.2, 0.25) is 0 Å². The number of hydrogen-bond acceptors (Lipinski definition) is 13. The van der Waals surface area contributed by atoms with E-state index in [1.165, 1.54) is 6.26 Å². The zero-order chi connectivity index (χ0) is 34.8. The molecule has 4 bridgehead atoms. The highest BCUT2D eigenvalue weighted by molar-refractivity contribution is 5.88. The smallest absolute Gasteiger partial charge is 0.333 e. The van der Waals surface area contributed by atoms with Crippen LogP contribution in [0.1, 0.15) is 91.7 Å². The van der Waals surface area contributed by atoms with E-state index < -0.39 is 98.6 Å². The van der Waals surface area contributed by atoms with Gasteiger partial charge in [-0.25, -0.2) is 4.79 Å². The first-order valence-corrected chi connectivity index (χ1v) is 17.3. The Labute approximate surface area is 282 Å². The first-order chi connectivity index (χ1) is 23.1. The molecule has 3 spiro atoms. The fourth-order valence-corrected chi connectivity index (χ4v) is 12.8. The minimum absolute atomic E-state index is 0.0337. The lowest BCUT2D eigenvalue weighted by molar-refractivity contribution is -0.486. The summed E-state index contributed by atoms with van der Waals surface area (Å²) in [5.41, 5.74) is -9.17. The van der Waals surface area contributed by atoms with Gasteiger partial charge in [0.2, 0.25) is 0 Å². The second-order valence-corrected chi connectivity index (χ2v) is 16.2. The minimum atomic E-state index is -2.23. The predicted molar refractivity (Wildman–Crippen MR) is 161 cm³/mol. The van der Waals surface area contributed by atoms with Crippen LogP contribution in [0.4, 0.5) is 0 Å². The number of cyclic esters (lactones) is 2. The average molecular weight is 683 g/mol. The van der Waals surface area contributed by atoms with Gasteiger partial charge in [-0.2, -0.15) is 0 Å². The third kappa shape index (κ3) is 3.09. The summed E-state index contributed by atoms with van der Waals surface area (Å²) in [5, 5.41) is 13.9. The van der Waals surface area contributed by atoms with Crippen LogP contribution >= 0.6 is 0 Å². The summed E-state index contributed by atoms with van der Waals surface area (Å²) in [5.74, 6) is -5.36. The Morgan fingerprint density at radius 1 is 0.980 bits per heavy atom. The zero-order valence-electron chi connectivity index (χ0n) is 28.5. The monoisotopic (exact) mass is 682 g/mol. The van der Waals surface area contributed by atoms with Crippen molar-refractivity contribution in [3.8, 4) is 0 Å². The quantitative estimate of drug-likeness (QED) is 0.272. The molecule has 13 heteroatoms. The number of furan rings is 1. The normalized spacial score (nSPS) is 52.9. The Bertz CT molecular complexity index is 1740. The Morgan fingerprint density at radius 3 is 2.41 bits per heavy atom. The molecule has 4 aliphatic carbocycles. The molecule has 1 aromatic rings. The molecule has 1 N–H and O–H groups in total. The summed E-state index contributed by atoms with van der Waals surface area (Å²) < 4.78 is 51.6. The second kappa shape index (κ2) is 9.15. The standard InChI is InChI=1S/C36H42O13/c1-7-18(3)26(40)46-27-30(5)16-34-32(17-43-23(38)13-20(30)32)33-11-10-29(4)21(14-24(39)44-25(29)19-9-12-42-15-19)36(33,49-31(6,47-33)48-34)28(35(27,34)41)45-22(37)8-2/h7,9,12,15,20-21,25,27-28,41H,8,10-11,13-14,16-17H2,1-6H3/b18-7+/t20-,21+,25-,27-,28+,29+,30-,31?,32-,33-,34+,35-,36+/m0/s1. The van der Waals surface area contributed by atoms with Gasteiger partial charge in [-0.05, 0) is 45.1 Å². The molecule has 0 radical (unpaired) electrons. The minimum Gasteiger partial charge on any atom is -0.472 e. The van der Waals surface area contributed by atoms with Crippen molar-refractivity contribution in [2.75, 3.05) is 6.61 Å². The van der Waals surface area contributed by atoms with E-state index in [1.54, 1.807) is 46.1 Å². The van der Waals surface area contributed by atoms with Crippen molar-refractivity contribution in [3.05, 3.63) is 35.8 Å². The molecule has 1 aromatic heterocycles. The summed E-state index contributed by atoms with van der Waals surface area (Å²) in [4.78, 5) is 54.4. The zero-order valence-corrected chi connectivity index (χ0v) is 28.5. The van der Waals surface area contributed by atoms with Crippen LogP contribution in [0.5, 0.6) is 0 Å². The fourth-order valence-electron chi connectivity index (χ4n) is 12.8. The fraction of sp³-hybridized carbons (Fsp3) is 0.722. The molecule has 5 heterocycles. The molecule has 264 valence electrons. The van der Waals surface area contributed by atoms with E-state index in [-0.39, 0.29) is 32.3 Å². The van der Waals surface area contributed by atoms with Crippen molar-refractivity contribution >= 4 is 23.9 Å². The molecule has 13 atom stereocenters. The van der Waals surface area contributed by atoms with Gasteiger partial charge in [0.25, 0.3) is 5.97 Å². The number of ether oxygens (including phenoxy) is 7. The van der Waals surface area contributed by atoms with Gasteiger partial charge in [-0.15, -0.1) is 0 Å². The highest BCUT2D eigenvalue weighted by Gasteiger charge is 3.05. The van der Waals surface area contributed by atoms with Crippen molar-refractivity contribution in [2.45, 2.75) is 127 Å². The summed E-state index contributed by atoms with van der Waals surface area (Å²) in [7, 11) is 0. The highest BCUT2D eigenvalue weighted by Crippen LogP contribution is 2.90. The van der Waals surface area contributed by atoms with Gasteiger partial charge in [0.05, 0.1) is 24.4 Å². The van der Waals surface area contributed by atoms with Crippen LogP contribution in [0, 0.1) is 28.1 Å². The molecule has 4 saturated carbocycles. The number of hydrogen-bond donors (Lipinski definition) is 1. The molecule has 4 saturated heterocycles. The van der Waals surface area contributed by atoms with E-state index >= 15 is 0 Å². The van der Waals surface area contributed by atoms with Gasteiger partial charge >= 0.3 is 23.9 Å². The number of allylic oxidation sites excluding steroid dienone is 1. The lowest BCUT2D eigenvalue weighted by atomic mass is 9.33. The summed E-state index contributed by atoms with van der Waals surface area (Å²) in [6.45, 7) is 10.3. The first-order valence-electron chi connectivity index (χ1n) is 17.3. The van der Waals surface area contributed by atoms with Crippen molar-refractivity contribution in [2.24, 2.45) is 28.1 Å². The number of fused-ring (bicyclic) bond motifs is 4. The average Bonchev–Trinajstić information content (AvgIpc) is 3.76. The van der Waals surface area contributed by atoms with Crippen LogP contribution in [-0.4, -0.2) is 76.2 Å². The number of esters is 4. The van der Waals surface area contributed by atoms with Gasteiger partial charge in [0.1, 0.15) is 35.6 Å². The Morgan fingerprint density at radius 2 is 1.71 bits per heavy atom. The van der Waals surface area contributed by atoms with E-state index in [1.807, 2.05) is 13.8 Å². The van der Waals surface area contributed by atoms with Gasteiger partial charge in [0.15, 0.2) is 11.7 Å². The first kappa shape index (κ1) is 31.7. The van der Waals surface area contributed by atoms with Gasteiger partial charge in [0, 0.05) is 47.6 Å². The van der Waals surface area contributed by atoms with Crippen LogP contribution < -0.4 is 0 Å². The van der Waals surface area contributed by atoms with E-state index in [4.69, 9.17) is 37.6 Å². The lowest BCUT2D eigenvalue weighted by Gasteiger charge is -2.77. The van der Waals surface area contributed by atoms with Crippen molar-refractivity contribution in [1.29, 1.82) is 0 Å². The topological polar surface area (TPSA) is 166 Å². The number of rotatable bonds is 5. The number of carbonyl (C=O) groups is 4. The van der Waals surface area contributed by atoms with Crippen LogP contribution in [-0.2, 0) is 52.3 Å². The van der Waals surface area contributed by atoms with Crippen LogP contribution in [0.15, 0.2) is 34.7 Å². The summed E-state index contributed by atoms with van der Waals surface area (Å²) in [6.07, 6.45) is 1.74. The van der Waals surface area contributed by atoms with Crippen LogP contribution in [0.3, 0.4) is 0 Å². The molecule has 9 rings (SSSR count). The molecular formula is C36H42O13. The summed E-state index contributed by atoms with van der Waals surface area (Å²) in [6, 6.07) is 1.75. The third-order valence-corrected chi connectivity index (χ3v) is 14.3. The molecule has 8 fully saturated rings. The summed E-state index contributed by atoms with van der Waals surface area (Å²) >= 11 is 0. The second-order valence-electron chi connectivity index (χ2n) is 16.2. The molecule has 49 heavy (non-hydrogen) atoms. The largest absolute Gasteiger partial charge is 0.472 e. The molecular weight excluding hydrogens is 640 g/mol. The van der Waals surface area contributed by atoms with Gasteiger partial charge in [-0.1, -0.05) is 26.8 Å². The lowest BCUT2D eigenvalue weighted by Crippen LogP contribution is -2.95. The molecule has 4 aliphatic heterocycles. The van der Waals surface area contributed by atoms with E-state index in [0.29, 0.717) is 24.0 Å². The molecule has 8 aliphatic rings. The molecule has 13 nitrogen and oxygen atoms in total. The number of carbonyl (C=O) groups excluding carboxylic acids is 4. The van der Waals surface area contributed by atoms with Crippen molar-refractivity contribution in [1.82, 2.24) is 0 Å². The van der Waals surface area contributed by atoms with Crippen LogP contribution in [0.25, 0.3) is 0 Å². The maximum absolute atomic E-state index is 13.9. The van der Waals surface area contributed by atoms with Gasteiger partial charge in [-0.3, -0.25) is 14.4 Å². The third-order valence-electron chi connectivity index (χ3n) is 14.3. The van der Waals surface area contributed by atoms with Crippen molar-refractivity contribution < 1.29 is 61.9 Å². The van der Waals surface area contributed by atoms with E-state index in [9.17, 15) is 24.3 Å². The molecule has 0 aromatic carbocycles. The SMILES string of the molecule is C/C=C(\C)C(=O)O[C@H]1[C@@]2(C)C[C@@]34OC5(C)O[C@]6([C@@H]7CC(=O)O[C@@H](c8ccoc8)[C@]7(C)CC[C@]6(O5)[C@@]35COC(=O)C[C@@H]25)[C@H](OC(=O)CC)[C@@]14O. The Balaban J connectivity index is 1.37. The maximum Gasteiger partial charge on any atom is 0.333 e. The molecule has 1 unspecified atom stereocenters. The van der Waals surface area contributed by atoms with Crippen molar-refractivity contribution in [3.63, 3.8) is 0 Å². The Hall–Kier alpha value is -3.26. The van der Waals surface area contributed by atoms with Gasteiger partial charge < -0.3 is 42.7 Å². The van der Waals surface area contributed by atoms with E-state index in [0.717, 1.165) is 0 Å². The predicted octanol–water partition coefficient (Wildman–Crippen LogP) is 3.57.